The van der Waals surface area contributed by atoms with Crippen LogP contribution in [0.1, 0.15) is 37.5 Å². The van der Waals surface area contributed by atoms with E-state index in [4.69, 9.17) is 18.9 Å². The van der Waals surface area contributed by atoms with Gasteiger partial charge in [0, 0.05) is 6.54 Å². The fraction of sp³-hybridized carbons (Fsp3) is 0.387. The molecule has 0 fully saturated rings. The molecule has 0 aliphatic carbocycles. The molecule has 3 aromatic rings. The number of carbonyl (C=O) groups is 1. The number of hydrogen-bond donors (Lipinski definition) is 3. The molecule has 3 N–H and O–H groups in total. The quantitative estimate of drug-likeness (QED) is 0.241. The summed E-state index contributed by atoms with van der Waals surface area (Å²) < 4.78 is 23.6. The van der Waals surface area contributed by atoms with E-state index in [2.05, 4.69) is 10.9 Å². The standard InChI is InChI=1S/C31H40N2O6/c1-31(2,3)39-30(35)33-32-19-28(37-21-25-15-9-5-10-16-25)29(38-22-26-17-11-6-12-18-26)27(34)23-36-20-24-13-7-4-8-14-24/h4-18,27-29,32,34H,19-23H2,1-3H3,(H,33,35)/t27-,28+,29+/m0/s1. The van der Waals surface area contributed by atoms with Crippen LogP contribution in [0.2, 0.25) is 0 Å². The van der Waals surface area contributed by atoms with Crippen LogP contribution in [-0.4, -0.2) is 48.3 Å². The summed E-state index contributed by atoms with van der Waals surface area (Å²) >= 11 is 0. The lowest BCUT2D eigenvalue weighted by atomic mass is 10.1. The molecule has 39 heavy (non-hydrogen) atoms. The van der Waals surface area contributed by atoms with Gasteiger partial charge in [-0.3, -0.25) is 5.43 Å². The van der Waals surface area contributed by atoms with Crippen molar-refractivity contribution >= 4 is 6.09 Å². The lowest BCUT2D eigenvalue weighted by Gasteiger charge is -2.31. The number of amides is 1. The Balaban J connectivity index is 1.70. The maximum atomic E-state index is 12.2. The van der Waals surface area contributed by atoms with Crippen molar-refractivity contribution in [3.05, 3.63) is 108 Å². The van der Waals surface area contributed by atoms with Crippen molar-refractivity contribution < 1.29 is 28.8 Å². The Bertz CT molecular complexity index is 1080. The van der Waals surface area contributed by atoms with Crippen LogP contribution in [0, 0.1) is 0 Å². The average molecular weight is 537 g/mol. The van der Waals surface area contributed by atoms with Crippen molar-refractivity contribution in [3.63, 3.8) is 0 Å². The second-order valence-electron chi connectivity index (χ2n) is 10.2. The van der Waals surface area contributed by atoms with Gasteiger partial charge in [0.25, 0.3) is 0 Å². The van der Waals surface area contributed by atoms with Gasteiger partial charge in [-0.1, -0.05) is 91.0 Å². The first kappa shape index (κ1) is 30.3. The van der Waals surface area contributed by atoms with E-state index < -0.39 is 30.0 Å². The number of nitrogens with one attached hydrogen (secondary N) is 2. The summed E-state index contributed by atoms with van der Waals surface area (Å²) in [7, 11) is 0. The average Bonchev–Trinajstić information content (AvgIpc) is 2.92. The van der Waals surface area contributed by atoms with Gasteiger partial charge in [-0.15, -0.1) is 0 Å². The third-order valence-corrected chi connectivity index (χ3v) is 5.63. The molecule has 1 amide bonds. The van der Waals surface area contributed by atoms with Crippen LogP contribution in [0.15, 0.2) is 91.0 Å². The van der Waals surface area contributed by atoms with Gasteiger partial charge in [0.15, 0.2) is 0 Å². The Labute approximate surface area is 231 Å². The van der Waals surface area contributed by atoms with E-state index in [9.17, 15) is 9.90 Å². The largest absolute Gasteiger partial charge is 0.443 e. The number of benzene rings is 3. The van der Waals surface area contributed by atoms with E-state index in [0.717, 1.165) is 16.7 Å². The molecule has 8 heteroatoms. The van der Waals surface area contributed by atoms with Gasteiger partial charge in [-0.25, -0.2) is 10.2 Å². The Hall–Kier alpha value is -3.27. The number of carbonyl (C=O) groups excluding carboxylic acids is 1. The van der Waals surface area contributed by atoms with E-state index >= 15 is 0 Å². The molecule has 0 aromatic heterocycles. The molecule has 3 rings (SSSR count). The maximum Gasteiger partial charge on any atom is 0.422 e. The molecule has 0 saturated carbocycles. The zero-order chi connectivity index (χ0) is 27.9. The molecule has 0 aliphatic heterocycles. The van der Waals surface area contributed by atoms with Crippen molar-refractivity contribution in [2.24, 2.45) is 0 Å². The molecule has 3 atom stereocenters. The van der Waals surface area contributed by atoms with E-state index in [-0.39, 0.29) is 19.8 Å². The maximum absolute atomic E-state index is 12.2. The van der Waals surface area contributed by atoms with E-state index in [1.165, 1.54) is 0 Å². The van der Waals surface area contributed by atoms with Gasteiger partial charge < -0.3 is 24.1 Å². The Morgan fingerprint density at radius 2 is 1.26 bits per heavy atom. The van der Waals surface area contributed by atoms with Crippen LogP contribution in [0.5, 0.6) is 0 Å². The zero-order valence-corrected chi connectivity index (χ0v) is 22.9. The van der Waals surface area contributed by atoms with Crippen LogP contribution in [-0.2, 0) is 38.8 Å². The van der Waals surface area contributed by atoms with Crippen molar-refractivity contribution in [2.75, 3.05) is 13.2 Å². The number of hydrazine groups is 1. The smallest absolute Gasteiger partial charge is 0.422 e. The summed E-state index contributed by atoms with van der Waals surface area (Å²) in [5, 5.41) is 11.2. The van der Waals surface area contributed by atoms with Gasteiger partial charge in [0.05, 0.1) is 26.4 Å². The molecular weight excluding hydrogens is 496 g/mol. The van der Waals surface area contributed by atoms with E-state index in [1.807, 2.05) is 91.0 Å². The Morgan fingerprint density at radius 1 is 0.769 bits per heavy atom. The van der Waals surface area contributed by atoms with Crippen LogP contribution >= 0.6 is 0 Å². The summed E-state index contributed by atoms with van der Waals surface area (Å²) in [4.78, 5) is 12.2. The second-order valence-corrected chi connectivity index (χ2v) is 10.2. The molecule has 0 spiro atoms. The van der Waals surface area contributed by atoms with Crippen molar-refractivity contribution in [3.8, 4) is 0 Å². The number of rotatable bonds is 15. The van der Waals surface area contributed by atoms with Crippen LogP contribution in [0.3, 0.4) is 0 Å². The minimum absolute atomic E-state index is 0.0407. The molecule has 0 bridgehead atoms. The molecule has 0 unspecified atom stereocenters. The fourth-order valence-corrected chi connectivity index (χ4v) is 3.77. The summed E-state index contributed by atoms with van der Waals surface area (Å²) in [6.45, 7) is 6.48. The predicted molar refractivity (Wildman–Crippen MR) is 150 cm³/mol. The van der Waals surface area contributed by atoms with Crippen molar-refractivity contribution in [1.29, 1.82) is 0 Å². The topological polar surface area (TPSA) is 98.3 Å². The summed E-state index contributed by atoms with van der Waals surface area (Å²) in [5.74, 6) is 0. The highest BCUT2D eigenvalue weighted by molar-refractivity contribution is 5.66. The molecule has 0 radical (unpaired) electrons. The normalized spacial score (nSPS) is 13.8. The number of ether oxygens (including phenoxy) is 4. The molecule has 0 saturated heterocycles. The SMILES string of the molecule is CC(C)(C)OC(=O)NNC[C@@H](OCc1ccccc1)[C@H](OCc1ccccc1)[C@@H](O)COCc1ccccc1. The molecule has 8 nitrogen and oxygen atoms in total. The Kier molecular flexibility index (Phi) is 12.4. The predicted octanol–water partition coefficient (Wildman–Crippen LogP) is 4.76. The van der Waals surface area contributed by atoms with Crippen LogP contribution < -0.4 is 10.9 Å². The minimum Gasteiger partial charge on any atom is -0.443 e. The molecule has 210 valence electrons. The van der Waals surface area contributed by atoms with Crippen molar-refractivity contribution in [2.45, 2.75) is 64.5 Å². The fourth-order valence-electron chi connectivity index (χ4n) is 3.77. The highest BCUT2D eigenvalue weighted by atomic mass is 16.6. The number of aliphatic hydroxyl groups excluding tert-OH is 1. The van der Waals surface area contributed by atoms with Crippen LogP contribution in [0.25, 0.3) is 0 Å². The second kappa shape index (κ2) is 16.0. The van der Waals surface area contributed by atoms with Gasteiger partial charge in [-0.2, -0.15) is 0 Å². The van der Waals surface area contributed by atoms with Gasteiger partial charge in [0.1, 0.15) is 23.9 Å². The van der Waals surface area contributed by atoms with Crippen molar-refractivity contribution in [1.82, 2.24) is 10.9 Å². The third kappa shape index (κ3) is 12.0. The highest BCUT2D eigenvalue weighted by Gasteiger charge is 2.31. The van der Waals surface area contributed by atoms with E-state index in [0.29, 0.717) is 13.2 Å². The summed E-state index contributed by atoms with van der Waals surface area (Å²) in [5.41, 5.74) is 7.72. The first-order valence-electron chi connectivity index (χ1n) is 13.1. The number of aliphatic hydroxyl groups is 1. The van der Waals surface area contributed by atoms with E-state index in [1.54, 1.807) is 20.8 Å². The lowest BCUT2D eigenvalue weighted by molar-refractivity contribution is -0.146. The Morgan fingerprint density at radius 3 is 1.77 bits per heavy atom. The minimum atomic E-state index is -0.999. The monoisotopic (exact) mass is 536 g/mol. The van der Waals surface area contributed by atoms with Gasteiger partial charge in [-0.05, 0) is 37.5 Å². The molecule has 3 aromatic carbocycles. The summed E-state index contributed by atoms with van der Waals surface area (Å²) in [6, 6.07) is 29.2. The molecule has 0 aliphatic rings. The van der Waals surface area contributed by atoms with Gasteiger partial charge >= 0.3 is 6.09 Å². The van der Waals surface area contributed by atoms with Gasteiger partial charge in [0.2, 0.25) is 0 Å². The lowest BCUT2D eigenvalue weighted by Crippen LogP contribution is -2.51. The van der Waals surface area contributed by atoms with Crippen LogP contribution in [0.4, 0.5) is 4.79 Å². The molecule has 0 heterocycles. The first-order valence-corrected chi connectivity index (χ1v) is 13.1. The highest BCUT2D eigenvalue weighted by Crippen LogP contribution is 2.16. The third-order valence-electron chi connectivity index (χ3n) is 5.63. The first-order chi connectivity index (χ1) is 18.8. The summed E-state index contributed by atoms with van der Waals surface area (Å²) in [6.07, 6.45) is -3.02. The zero-order valence-electron chi connectivity index (χ0n) is 22.9. The molecular formula is C31H40N2O6. The number of hydrogen-bond acceptors (Lipinski definition) is 7.